The molecule has 5 heteroatoms. The molecule has 0 radical (unpaired) electrons. The second-order valence-electron chi connectivity index (χ2n) is 5.35. The van der Waals surface area contributed by atoms with Gasteiger partial charge in [-0.15, -0.1) is 0 Å². The summed E-state index contributed by atoms with van der Waals surface area (Å²) in [5.74, 6) is 0. The molecule has 2 rings (SSSR count). The maximum Gasteiger partial charge on any atom is 0.0738 e. The van der Waals surface area contributed by atoms with Crippen LogP contribution in [0.15, 0.2) is 21.3 Å². The Morgan fingerprint density at radius 1 is 1.38 bits per heavy atom. The average molecular weight is 370 g/mol. The zero-order chi connectivity index (χ0) is 15.2. The summed E-state index contributed by atoms with van der Waals surface area (Å²) in [5.41, 5.74) is 3.81. The molecule has 0 saturated carbocycles. The van der Waals surface area contributed by atoms with Crippen LogP contribution in [0.1, 0.15) is 37.2 Å². The van der Waals surface area contributed by atoms with Crippen LogP contribution in [0.2, 0.25) is 0 Å². The first-order valence-electron chi connectivity index (χ1n) is 7.61. The van der Waals surface area contributed by atoms with Crippen molar-refractivity contribution < 1.29 is 0 Å². The topological polar surface area (TPSA) is 29.9 Å². The van der Waals surface area contributed by atoms with Crippen molar-refractivity contribution >= 4 is 27.3 Å². The van der Waals surface area contributed by atoms with E-state index in [1.807, 2.05) is 0 Å². The minimum Gasteiger partial charge on any atom is -0.313 e. The van der Waals surface area contributed by atoms with E-state index >= 15 is 0 Å². The molecule has 0 amide bonds. The van der Waals surface area contributed by atoms with E-state index in [-0.39, 0.29) is 0 Å². The second-order valence-corrected chi connectivity index (χ2v) is 6.93. The van der Waals surface area contributed by atoms with E-state index in [9.17, 15) is 0 Å². The molecule has 2 heterocycles. The molecule has 0 bridgehead atoms. The third-order valence-electron chi connectivity index (χ3n) is 3.64. The smallest absolute Gasteiger partial charge is 0.0738 e. The lowest BCUT2D eigenvalue weighted by molar-refractivity contribution is 0.483. The Morgan fingerprint density at radius 3 is 2.81 bits per heavy atom. The van der Waals surface area contributed by atoms with Gasteiger partial charge in [0.25, 0.3) is 0 Å². The number of nitrogens with one attached hydrogen (secondary N) is 1. The van der Waals surface area contributed by atoms with Crippen LogP contribution in [0.3, 0.4) is 0 Å². The molecule has 0 spiro atoms. The number of aromatic nitrogens is 2. The number of halogens is 1. The molecule has 21 heavy (non-hydrogen) atoms. The van der Waals surface area contributed by atoms with Gasteiger partial charge in [-0.1, -0.05) is 6.92 Å². The maximum absolute atomic E-state index is 4.60. The predicted octanol–water partition coefficient (Wildman–Crippen LogP) is 4.19. The van der Waals surface area contributed by atoms with E-state index in [4.69, 9.17) is 0 Å². The minimum absolute atomic E-state index is 0.456. The lowest BCUT2D eigenvalue weighted by Gasteiger charge is -2.19. The highest BCUT2D eigenvalue weighted by Gasteiger charge is 2.17. The highest BCUT2D eigenvalue weighted by molar-refractivity contribution is 9.10. The molecule has 1 unspecified atom stereocenters. The lowest BCUT2D eigenvalue weighted by Crippen LogP contribution is -2.34. The molecule has 3 nitrogen and oxygen atoms in total. The first-order chi connectivity index (χ1) is 10.2. The van der Waals surface area contributed by atoms with E-state index in [1.165, 1.54) is 11.3 Å². The van der Waals surface area contributed by atoms with Gasteiger partial charge in [-0.2, -0.15) is 16.4 Å². The Morgan fingerprint density at radius 2 is 2.19 bits per heavy atom. The van der Waals surface area contributed by atoms with Gasteiger partial charge in [0.05, 0.1) is 15.9 Å². The number of hydrogen-bond acceptors (Lipinski definition) is 3. The van der Waals surface area contributed by atoms with Crippen LogP contribution in [-0.2, 0) is 19.4 Å². The molecular formula is C16H24BrN3S. The van der Waals surface area contributed by atoms with Crippen molar-refractivity contribution in [3.8, 4) is 0 Å². The van der Waals surface area contributed by atoms with Crippen LogP contribution in [0.5, 0.6) is 0 Å². The molecule has 0 saturated heterocycles. The summed E-state index contributed by atoms with van der Waals surface area (Å²) >= 11 is 5.48. The normalized spacial score (nSPS) is 12.8. The number of rotatable bonds is 8. The van der Waals surface area contributed by atoms with Gasteiger partial charge < -0.3 is 5.32 Å². The molecule has 0 fully saturated rings. The van der Waals surface area contributed by atoms with E-state index < -0.39 is 0 Å². The van der Waals surface area contributed by atoms with Crippen molar-refractivity contribution in [2.45, 2.75) is 52.6 Å². The third kappa shape index (κ3) is 4.41. The van der Waals surface area contributed by atoms with Crippen molar-refractivity contribution in [1.29, 1.82) is 0 Å². The van der Waals surface area contributed by atoms with E-state index in [0.717, 1.165) is 42.5 Å². The highest BCUT2D eigenvalue weighted by Crippen LogP contribution is 2.23. The Balaban J connectivity index is 2.14. The van der Waals surface area contributed by atoms with Gasteiger partial charge >= 0.3 is 0 Å². The summed E-state index contributed by atoms with van der Waals surface area (Å²) < 4.78 is 3.28. The van der Waals surface area contributed by atoms with Crippen LogP contribution in [-0.4, -0.2) is 22.4 Å². The molecule has 2 aromatic heterocycles. The largest absolute Gasteiger partial charge is 0.313 e. The maximum atomic E-state index is 4.60. The number of aryl methyl sites for hydroxylation is 2. The molecule has 116 valence electrons. The monoisotopic (exact) mass is 369 g/mol. The van der Waals surface area contributed by atoms with Crippen LogP contribution < -0.4 is 5.32 Å². The lowest BCUT2D eigenvalue weighted by atomic mass is 10.0. The third-order valence-corrected chi connectivity index (χ3v) is 5.40. The Hall–Kier alpha value is -0.650. The van der Waals surface area contributed by atoms with E-state index in [2.05, 4.69) is 68.6 Å². The van der Waals surface area contributed by atoms with Crippen molar-refractivity contribution in [2.24, 2.45) is 0 Å². The Kier molecular flexibility index (Phi) is 6.45. The predicted molar refractivity (Wildman–Crippen MR) is 94.1 cm³/mol. The second kappa shape index (κ2) is 8.11. The summed E-state index contributed by atoms with van der Waals surface area (Å²) in [6.07, 6.45) is 3.24. The minimum atomic E-state index is 0.456. The summed E-state index contributed by atoms with van der Waals surface area (Å²) in [6, 6.07) is 2.68. The van der Waals surface area contributed by atoms with Crippen molar-refractivity contribution in [3.05, 3.63) is 38.3 Å². The SMILES string of the molecule is CCCNC(Cc1ccsc1)Cc1c(Br)c(C)nn1CC. The molecular weight excluding hydrogens is 346 g/mol. The van der Waals surface area contributed by atoms with E-state index in [1.54, 1.807) is 11.3 Å². The van der Waals surface area contributed by atoms with Gasteiger partial charge in [-0.3, -0.25) is 4.68 Å². The zero-order valence-corrected chi connectivity index (χ0v) is 15.4. The van der Waals surface area contributed by atoms with Gasteiger partial charge in [-0.05, 0) is 71.6 Å². The fourth-order valence-electron chi connectivity index (χ4n) is 2.56. The fourth-order valence-corrected chi connectivity index (χ4v) is 3.68. The molecule has 1 N–H and O–H groups in total. The Labute approximate surface area is 139 Å². The van der Waals surface area contributed by atoms with Gasteiger partial charge in [0.2, 0.25) is 0 Å². The summed E-state index contributed by atoms with van der Waals surface area (Å²) in [4.78, 5) is 0. The van der Waals surface area contributed by atoms with Crippen LogP contribution in [0.4, 0.5) is 0 Å². The number of thiophene rings is 1. The number of nitrogens with zero attached hydrogens (tertiary/aromatic N) is 2. The van der Waals surface area contributed by atoms with Crippen molar-refractivity contribution in [2.75, 3.05) is 6.54 Å². The standard InChI is InChI=1S/C16H24BrN3S/c1-4-7-18-14(9-13-6-8-21-11-13)10-15-16(17)12(3)19-20(15)5-2/h6,8,11,14,18H,4-5,7,9-10H2,1-3H3. The molecule has 0 aliphatic rings. The van der Waals surface area contributed by atoms with Crippen molar-refractivity contribution in [1.82, 2.24) is 15.1 Å². The van der Waals surface area contributed by atoms with Gasteiger partial charge in [0.15, 0.2) is 0 Å². The van der Waals surface area contributed by atoms with Crippen LogP contribution in [0.25, 0.3) is 0 Å². The summed E-state index contributed by atoms with van der Waals surface area (Å²) in [5, 5.41) is 12.7. The zero-order valence-electron chi connectivity index (χ0n) is 13.0. The summed E-state index contributed by atoms with van der Waals surface area (Å²) in [6.45, 7) is 8.40. The molecule has 2 aromatic rings. The number of hydrogen-bond donors (Lipinski definition) is 1. The summed E-state index contributed by atoms with van der Waals surface area (Å²) in [7, 11) is 0. The quantitative estimate of drug-likeness (QED) is 0.755. The molecule has 1 atom stereocenters. The molecule has 0 aromatic carbocycles. The van der Waals surface area contributed by atoms with Crippen molar-refractivity contribution in [3.63, 3.8) is 0 Å². The van der Waals surface area contributed by atoms with Gasteiger partial charge in [0.1, 0.15) is 0 Å². The molecule has 0 aliphatic carbocycles. The molecule has 0 aliphatic heterocycles. The van der Waals surface area contributed by atoms with Gasteiger partial charge in [-0.25, -0.2) is 0 Å². The van der Waals surface area contributed by atoms with E-state index in [0.29, 0.717) is 6.04 Å². The first-order valence-corrected chi connectivity index (χ1v) is 9.35. The van der Waals surface area contributed by atoms with Crippen LogP contribution in [0, 0.1) is 6.92 Å². The van der Waals surface area contributed by atoms with Crippen LogP contribution >= 0.6 is 27.3 Å². The highest BCUT2D eigenvalue weighted by atomic mass is 79.9. The Bertz CT molecular complexity index is 548. The van der Waals surface area contributed by atoms with Gasteiger partial charge in [0, 0.05) is 19.0 Å². The average Bonchev–Trinajstić information content (AvgIpc) is 3.08. The first kappa shape index (κ1) is 16.7. The fraction of sp³-hybridized carbons (Fsp3) is 0.562.